The Labute approximate surface area is 162 Å². The third-order valence-corrected chi connectivity index (χ3v) is 6.69. The summed E-state index contributed by atoms with van der Waals surface area (Å²) in [4.78, 5) is 4.44. The molecule has 0 unspecified atom stereocenters. The summed E-state index contributed by atoms with van der Waals surface area (Å²) in [5.74, 6) is 0. The van der Waals surface area contributed by atoms with Crippen LogP contribution in [-0.4, -0.2) is 24.5 Å². The summed E-state index contributed by atoms with van der Waals surface area (Å²) in [6.07, 6.45) is 2.26. The molecule has 27 heavy (non-hydrogen) atoms. The minimum absolute atomic E-state index is 0.197. The fourth-order valence-corrected chi connectivity index (χ4v) is 4.96. The van der Waals surface area contributed by atoms with Crippen LogP contribution in [0.5, 0.6) is 0 Å². The number of hydrogen-bond acceptors (Lipinski definition) is 3. The molecule has 2 aromatic carbocycles. The Balaban J connectivity index is 1.97. The quantitative estimate of drug-likeness (QED) is 0.585. The van der Waals surface area contributed by atoms with Crippen LogP contribution in [0.4, 0.5) is 0 Å². The first-order valence-electron chi connectivity index (χ1n) is 9.00. The van der Waals surface area contributed by atoms with E-state index >= 15 is 0 Å². The van der Waals surface area contributed by atoms with Crippen molar-refractivity contribution in [2.24, 2.45) is 0 Å². The number of rotatable bonds is 7. The van der Waals surface area contributed by atoms with Crippen LogP contribution in [0.2, 0.25) is 6.82 Å². The van der Waals surface area contributed by atoms with E-state index in [0.29, 0.717) is 18.6 Å². The summed E-state index contributed by atoms with van der Waals surface area (Å²) in [6, 6.07) is 23.0. The van der Waals surface area contributed by atoms with Crippen molar-refractivity contribution in [3.8, 4) is 0 Å². The molecule has 1 aromatic heterocycles. The van der Waals surface area contributed by atoms with Gasteiger partial charge in [-0.1, -0.05) is 73.1 Å². The number of aryl methyl sites for hydroxylation is 1. The SMILES string of the molecule is CB(Cc1ccccc1)N(Cc1ccccc1)S(=O)(=O)c1cccnc1C. The van der Waals surface area contributed by atoms with Gasteiger partial charge in [0.2, 0.25) is 16.9 Å². The maximum Gasteiger partial charge on any atom is 0.243 e. The zero-order valence-electron chi connectivity index (χ0n) is 15.6. The van der Waals surface area contributed by atoms with Crippen molar-refractivity contribution in [1.29, 1.82) is 0 Å². The molecule has 3 rings (SSSR count). The molecule has 0 aliphatic carbocycles. The van der Waals surface area contributed by atoms with Crippen LogP contribution >= 0.6 is 0 Å². The molecule has 4 nitrogen and oxygen atoms in total. The highest BCUT2D eigenvalue weighted by atomic mass is 32.2. The van der Waals surface area contributed by atoms with E-state index in [-0.39, 0.29) is 11.7 Å². The molecule has 0 spiro atoms. The maximum absolute atomic E-state index is 13.5. The smallest absolute Gasteiger partial charge is 0.243 e. The Hall–Kier alpha value is -2.44. The molecule has 3 aromatic rings. The normalized spacial score (nSPS) is 11.5. The molecule has 0 aliphatic heterocycles. The third-order valence-electron chi connectivity index (χ3n) is 4.59. The molecule has 0 atom stereocenters. The number of aromatic nitrogens is 1. The molecule has 0 bridgehead atoms. The zero-order valence-corrected chi connectivity index (χ0v) is 16.4. The zero-order chi connectivity index (χ0) is 19.3. The van der Waals surface area contributed by atoms with Crippen LogP contribution in [0.15, 0.2) is 83.9 Å². The van der Waals surface area contributed by atoms with Gasteiger partial charge in [0, 0.05) is 12.7 Å². The van der Waals surface area contributed by atoms with Crippen molar-refractivity contribution in [3.63, 3.8) is 0 Å². The molecule has 0 radical (unpaired) electrons. The van der Waals surface area contributed by atoms with Crippen molar-refractivity contribution in [1.82, 2.24) is 9.20 Å². The van der Waals surface area contributed by atoms with E-state index in [1.165, 1.54) is 0 Å². The number of sulfonamides is 1. The standard InChI is InChI=1S/C21H23BN2O2S/c1-18-21(14-9-15-23-18)27(25,26)24(17-20-12-7-4-8-13-20)22(2)16-19-10-5-3-6-11-19/h3-15H,16-17H2,1-2H3. The summed E-state index contributed by atoms with van der Waals surface area (Å²) in [5.41, 5.74) is 2.59. The molecule has 0 aliphatic rings. The van der Waals surface area contributed by atoms with Gasteiger partial charge in [-0.25, -0.2) is 12.6 Å². The Morgan fingerprint density at radius 1 is 0.889 bits per heavy atom. The lowest BCUT2D eigenvalue weighted by Crippen LogP contribution is -2.43. The van der Waals surface area contributed by atoms with Gasteiger partial charge in [0.1, 0.15) is 4.90 Å². The molecular formula is C21H23BN2O2S. The summed E-state index contributed by atoms with van der Waals surface area (Å²) in [6.45, 7) is 3.82. The highest BCUT2D eigenvalue weighted by Crippen LogP contribution is 2.23. The van der Waals surface area contributed by atoms with Crippen LogP contribution in [0, 0.1) is 6.92 Å². The maximum atomic E-state index is 13.5. The number of nitrogens with zero attached hydrogens (tertiary/aromatic N) is 2. The Bertz CT molecular complexity index is 979. The van der Waals surface area contributed by atoms with Crippen LogP contribution < -0.4 is 0 Å². The van der Waals surface area contributed by atoms with Crippen LogP contribution in [-0.2, 0) is 22.9 Å². The lowest BCUT2D eigenvalue weighted by molar-refractivity contribution is 0.523. The Kier molecular flexibility index (Phi) is 6.09. The predicted molar refractivity (Wildman–Crippen MR) is 110 cm³/mol. The van der Waals surface area contributed by atoms with Gasteiger partial charge in [-0.05, 0) is 30.9 Å². The van der Waals surface area contributed by atoms with Crippen LogP contribution in [0.25, 0.3) is 0 Å². The second kappa shape index (κ2) is 8.50. The van der Waals surface area contributed by atoms with Gasteiger partial charge in [0.05, 0.1) is 5.69 Å². The van der Waals surface area contributed by atoms with Gasteiger partial charge in [-0.3, -0.25) is 4.98 Å². The Morgan fingerprint density at radius 3 is 2.07 bits per heavy atom. The fourth-order valence-electron chi connectivity index (χ4n) is 3.17. The van der Waals surface area contributed by atoms with E-state index < -0.39 is 10.0 Å². The summed E-state index contributed by atoms with van der Waals surface area (Å²) in [5, 5.41) is 0. The van der Waals surface area contributed by atoms with Gasteiger partial charge in [-0.15, -0.1) is 0 Å². The van der Waals surface area contributed by atoms with Crippen LogP contribution in [0.3, 0.4) is 0 Å². The third kappa shape index (κ3) is 4.65. The molecule has 0 fully saturated rings. The fraction of sp³-hybridized carbons (Fsp3) is 0.190. The number of pyridine rings is 1. The van der Waals surface area contributed by atoms with Crippen molar-refractivity contribution in [2.45, 2.75) is 31.5 Å². The first kappa shape index (κ1) is 19.3. The summed E-state index contributed by atoms with van der Waals surface area (Å²) >= 11 is 0. The Morgan fingerprint density at radius 2 is 1.48 bits per heavy atom. The van der Waals surface area contributed by atoms with E-state index in [1.54, 1.807) is 29.5 Å². The minimum Gasteiger partial charge on any atom is -0.260 e. The molecule has 0 saturated carbocycles. The average molecular weight is 378 g/mol. The second-order valence-corrected chi connectivity index (χ2v) is 8.52. The highest BCUT2D eigenvalue weighted by molar-refractivity contribution is 7.90. The van der Waals surface area contributed by atoms with Crippen molar-refractivity contribution in [2.75, 3.05) is 0 Å². The summed E-state index contributed by atoms with van der Waals surface area (Å²) < 4.78 is 28.5. The van der Waals surface area contributed by atoms with Gasteiger partial charge in [0.15, 0.2) is 0 Å². The predicted octanol–water partition coefficient (Wildman–Crippen LogP) is 3.98. The number of hydrogen-bond donors (Lipinski definition) is 0. The monoisotopic (exact) mass is 378 g/mol. The molecule has 0 saturated heterocycles. The molecule has 1 heterocycles. The molecule has 0 amide bonds. The topological polar surface area (TPSA) is 50.3 Å². The molecule has 6 heteroatoms. The average Bonchev–Trinajstić information content (AvgIpc) is 2.67. The highest BCUT2D eigenvalue weighted by Gasteiger charge is 2.32. The van der Waals surface area contributed by atoms with Gasteiger partial charge >= 0.3 is 0 Å². The van der Waals surface area contributed by atoms with E-state index in [0.717, 1.165) is 11.1 Å². The second-order valence-electron chi connectivity index (χ2n) is 6.66. The first-order valence-corrected chi connectivity index (χ1v) is 10.4. The molecular weight excluding hydrogens is 355 g/mol. The summed E-state index contributed by atoms with van der Waals surface area (Å²) in [7, 11) is -3.68. The van der Waals surface area contributed by atoms with E-state index in [9.17, 15) is 8.42 Å². The van der Waals surface area contributed by atoms with E-state index in [4.69, 9.17) is 0 Å². The number of benzene rings is 2. The molecule has 138 valence electrons. The van der Waals surface area contributed by atoms with Gasteiger partial charge in [0.25, 0.3) is 0 Å². The van der Waals surface area contributed by atoms with Crippen molar-refractivity contribution < 1.29 is 8.42 Å². The van der Waals surface area contributed by atoms with Gasteiger partial charge in [-0.2, -0.15) is 0 Å². The van der Waals surface area contributed by atoms with E-state index in [1.807, 2.05) is 67.5 Å². The lowest BCUT2D eigenvalue weighted by Gasteiger charge is -2.27. The van der Waals surface area contributed by atoms with E-state index in [2.05, 4.69) is 4.98 Å². The van der Waals surface area contributed by atoms with Crippen molar-refractivity contribution in [3.05, 3.63) is 95.8 Å². The lowest BCUT2D eigenvalue weighted by atomic mass is 9.60. The van der Waals surface area contributed by atoms with Crippen LogP contribution in [0.1, 0.15) is 16.8 Å². The van der Waals surface area contributed by atoms with Crippen molar-refractivity contribution >= 4 is 16.9 Å². The minimum atomic E-state index is -3.68. The van der Waals surface area contributed by atoms with Gasteiger partial charge < -0.3 is 0 Å². The first-order chi connectivity index (χ1) is 13.0. The largest absolute Gasteiger partial charge is 0.260 e. The molecule has 0 N–H and O–H groups in total.